The van der Waals surface area contributed by atoms with E-state index in [0.717, 1.165) is 28.1 Å². The van der Waals surface area contributed by atoms with Crippen molar-refractivity contribution in [2.75, 3.05) is 12.4 Å². The van der Waals surface area contributed by atoms with Gasteiger partial charge in [-0.2, -0.15) is 0 Å². The van der Waals surface area contributed by atoms with E-state index in [1.54, 1.807) is 19.2 Å². The number of hydrogen-bond acceptors (Lipinski definition) is 8. The summed E-state index contributed by atoms with van der Waals surface area (Å²) >= 11 is 1.53. The van der Waals surface area contributed by atoms with Crippen molar-refractivity contribution in [1.29, 1.82) is 0 Å². The van der Waals surface area contributed by atoms with Crippen LogP contribution >= 0.6 is 11.3 Å². The number of thiazole rings is 1. The number of hydrogen-bond donors (Lipinski definition) is 3. The molecule has 2 atom stereocenters. The fourth-order valence-electron chi connectivity index (χ4n) is 5.19. The van der Waals surface area contributed by atoms with Crippen LogP contribution in [0, 0.1) is 5.92 Å². The number of piperidine rings is 1. The Morgan fingerprint density at radius 2 is 1.97 bits per heavy atom. The number of urea groups is 1. The van der Waals surface area contributed by atoms with Crippen molar-refractivity contribution >= 4 is 51.1 Å². The number of amides is 5. The minimum Gasteiger partial charge on any atom is -0.494 e. The van der Waals surface area contributed by atoms with Gasteiger partial charge < -0.3 is 15.0 Å². The summed E-state index contributed by atoms with van der Waals surface area (Å²) in [5.74, 6) is 0.110. The predicted octanol–water partition coefficient (Wildman–Crippen LogP) is 2.91. The zero-order chi connectivity index (χ0) is 26.6. The maximum absolute atomic E-state index is 13.1. The minimum absolute atomic E-state index is 0.130. The molecule has 0 radical (unpaired) electrons. The van der Waals surface area contributed by atoms with Gasteiger partial charge in [0.2, 0.25) is 11.8 Å². The predicted molar refractivity (Wildman–Crippen MR) is 139 cm³/mol. The van der Waals surface area contributed by atoms with Crippen LogP contribution < -0.4 is 20.7 Å². The van der Waals surface area contributed by atoms with E-state index in [0.29, 0.717) is 22.8 Å². The van der Waals surface area contributed by atoms with Crippen LogP contribution in [0.1, 0.15) is 53.7 Å². The van der Waals surface area contributed by atoms with Crippen LogP contribution in [-0.2, 0) is 21.7 Å². The lowest BCUT2D eigenvalue weighted by atomic mass is 9.97. The molecule has 3 aliphatic rings. The maximum atomic E-state index is 13.1. The highest BCUT2D eigenvalue weighted by atomic mass is 32.1. The van der Waals surface area contributed by atoms with E-state index in [4.69, 9.17) is 9.72 Å². The van der Waals surface area contributed by atoms with Crippen LogP contribution in [-0.4, -0.2) is 51.8 Å². The van der Waals surface area contributed by atoms with Gasteiger partial charge in [-0.15, -0.1) is 11.3 Å². The van der Waals surface area contributed by atoms with Crippen LogP contribution in [0.25, 0.3) is 10.2 Å². The highest BCUT2D eigenvalue weighted by Gasteiger charge is 2.46. The van der Waals surface area contributed by atoms with Crippen molar-refractivity contribution in [3.05, 3.63) is 46.6 Å². The average Bonchev–Trinajstić information content (AvgIpc) is 3.58. The van der Waals surface area contributed by atoms with Gasteiger partial charge in [-0.25, -0.2) is 14.8 Å². The van der Waals surface area contributed by atoms with Gasteiger partial charge in [0.1, 0.15) is 28.1 Å². The maximum Gasteiger partial charge on any atom is 0.321 e. The monoisotopic (exact) mass is 534 g/mol. The van der Waals surface area contributed by atoms with E-state index >= 15 is 0 Å². The zero-order valence-electron chi connectivity index (χ0n) is 20.9. The number of para-hydroxylation sites is 1. The van der Waals surface area contributed by atoms with Crippen molar-refractivity contribution in [3.63, 3.8) is 0 Å². The Balaban J connectivity index is 1.19. The third-order valence-corrected chi connectivity index (χ3v) is 8.68. The highest BCUT2D eigenvalue weighted by Crippen LogP contribution is 2.48. The Hall–Kier alpha value is -4.06. The molecule has 0 bridgehead atoms. The van der Waals surface area contributed by atoms with Gasteiger partial charge in [0, 0.05) is 6.42 Å². The first-order valence-corrected chi connectivity index (χ1v) is 13.3. The summed E-state index contributed by atoms with van der Waals surface area (Å²) in [6.45, 7) is 2.12. The van der Waals surface area contributed by atoms with Gasteiger partial charge in [-0.05, 0) is 56.4 Å². The number of anilines is 1. The number of aromatic nitrogens is 2. The Morgan fingerprint density at radius 1 is 1.16 bits per heavy atom. The normalized spacial score (nSPS) is 20.6. The third-order valence-electron chi connectivity index (χ3n) is 7.43. The number of rotatable bonds is 6. The van der Waals surface area contributed by atoms with Crippen LogP contribution in [0.4, 0.5) is 10.6 Å². The topological polar surface area (TPSA) is 143 Å². The Labute approximate surface area is 222 Å². The summed E-state index contributed by atoms with van der Waals surface area (Å²) in [5.41, 5.74) is 0.954. The third kappa shape index (κ3) is 4.14. The molecule has 12 heteroatoms. The summed E-state index contributed by atoms with van der Waals surface area (Å²) in [6, 6.07) is 7.80. The molecule has 11 nitrogen and oxygen atoms in total. The van der Waals surface area contributed by atoms with Gasteiger partial charge in [-0.3, -0.25) is 25.0 Å². The van der Waals surface area contributed by atoms with Crippen molar-refractivity contribution in [3.8, 4) is 5.75 Å². The fourth-order valence-corrected chi connectivity index (χ4v) is 6.35. The molecule has 0 spiro atoms. The van der Waals surface area contributed by atoms with E-state index in [2.05, 4.69) is 20.9 Å². The first-order chi connectivity index (χ1) is 18.3. The molecular formula is C26H26N6O5S. The average molecular weight is 535 g/mol. The molecule has 1 aliphatic carbocycles. The lowest BCUT2D eigenvalue weighted by Crippen LogP contribution is -2.52. The van der Waals surface area contributed by atoms with E-state index < -0.39 is 23.5 Å². The zero-order valence-corrected chi connectivity index (χ0v) is 21.7. The summed E-state index contributed by atoms with van der Waals surface area (Å²) in [5, 5.41) is 9.01. The molecule has 1 saturated heterocycles. The van der Waals surface area contributed by atoms with Gasteiger partial charge in [0.15, 0.2) is 0 Å². The van der Waals surface area contributed by atoms with Crippen LogP contribution in [0.15, 0.2) is 30.3 Å². The van der Waals surface area contributed by atoms with E-state index in [1.165, 1.54) is 16.2 Å². The van der Waals surface area contributed by atoms with Crippen LogP contribution in [0.3, 0.4) is 0 Å². The number of nitrogens with zero attached hydrogens (tertiary/aromatic N) is 3. The van der Waals surface area contributed by atoms with E-state index in [9.17, 15) is 19.2 Å². The summed E-state index contributed by atoms with van der Waals surface area (Å²) in [4.78, 5) is 60.6. The lowest BCUT2D eigenvalue weighted by Gasteiger charge is -2.29. The van der Waals surface area contributed by atoms with Gasteiger partial charge in [0.25, 0.3) is 5.91 Å². The number of imide groups is 1. The summed E-state index contributed by atoms with van der Waals surface area (Å²) in [6.07, 6.45) is 2.42. The molecule has 2 aliphatic heterocycles. The quantitative estimate of drug-likeness (QED) is 0.413. The molecule has 3 N–H and O–H groups in total. The number of pyridine rings is 1. The minimum atomic E-state index is -0.721. The molecule has 6 rings (SSSR count). The standard InChI is InChI=1S/C26H26N6O5S/c1-26(13-6-7-13,24-30-21-17(37-2)4-3-5-18(21)38-24)31-25(36)28-19-10-8-14-15(27-19)12-32(23(14)35)16-9-11-20(33)29-22(16)34/h3-5,8,10,13,16H,6-7,9,11-12H2,1-2H3,(H,29,33,34)(H2,27,28,31,36)/t16?,26-/m1/s1. The molecule has 196 valence electrons. The van der Waals surface area contributed by atoms with Crippen molar-refractivity contribution in [2.45, 2.75) is 50.7 Å². The number of ether oxygens (including phenoxy) is 1. The molecular weight excluding hydrogens is 508 g/mol. The Kier molecular flexibility index (Phi) is 5.78. The second-order valence-electron chi connectivity index (χ2n) is 9.97. The molecule has 2 aromatic heterocycles. The second kappa shape index (κ2) is 9.05. The molecule has 1 saturated carbocycles. The lowest BCUT2D eigenvalue weighted by molar-refractivity contribution is -0.136. The SMILES string of the molecule is COc1cccc2sc([C@](C)(NC(=O)Nc3ccc4c(n3)CN(C3CCC(=O)NC3=O)C4=O)C3CC3)nc12. The molecule has 4 heterocycles. The smallest absolute Gasteiger partial charge is 0.321 e. The van der Waals surface area contributed by atoms with Crippen LogP contribution in [0.2, 0.25) is 0 Å². The van der Waals surface area contributed by atoms with E-state index in [-0.39, 0.29) is 37.1 Å². The van der Waals surface area contributed by atoms with Crippen molar-refractivity contribution in [2.24, 2.45) is 5.92 Å². The number of carbonyl (C=O) groups is 4. The number of benzene rings is 1. The molecule has 2 fully saturated rings. The van der Waals surface area contributed by atoms with Gasteiger partial charge in [0.05, 0.1) is 35.2 Å². The van der Waals surface area contributed by atoms with Crippen LogP contribution in [0.5, 0.6) is 5.75 Å². The number of fused-ring (bicyclic) bond motifs is 2. The van der Waals surface area contributed by atoms with Gasteiger partial charge >= 0.3 is 6.03 Å². The fraction of sp³-hybridized carbons (Fsp3) is 0.385. The second-order valence-corrected chi connectivity index (χ2v) is 11.0. The number of methoxy groups -OCH3 is 1. The summed E-state index contributed by atoms with van der Waals surface area (Å²) < 4.78 is 6.45. The molecule has 1 aromatic carbocycles. The molecule has 5 amide bonds. The van der Waals surface area contributed by atoms with Crippen molar-refractivity contribution < 1.29 is 23.9 Å². The first-order valence-electron chi connectivity index (χ1n) is 12.4. The Bertz CT molecular complexity index is 1500. The van der Waals surface area contributed by atoms with Gasteiger partial charge in [-0.1, -0.05) is 6.07 Å². The van der Waals surface area contributed by atoms with E-state index in [1.807, 2.05) is 25.1 Å². The first kappa shape index (κ1) is 24.3. The summed E-state index contributed by atoms with van der Waals surface area (Å²) in [7, 11) is 1.61. The molecule has 1 unspecified atom stereocenters. The molecule has 38 heavy (non-hydrogen) atoms. The number of carbonyl (C=O) groups excluding carboxylic acids is 4. The highest BCUT2D eigenvalue weighted by molar-refractivity contribution is 7.18. The van der Waals surface area contributed by atoms with Crippen molar-refractivity contribution in [1.82, 2.24) is 25.5 Å². The Morgan fingerprint density at radius 3 is 2.71 bits per heavy atom. The largest absolute Gasteiger partial charge is 0.494 e. The number of nitrogens with one attached hydrogen (secondary N) is 3. The molecule has 3 aromatic rings.